The largest absolute Gasteiger partial charge is 0.316 e. The summed E-state index contributed by atoms with van der Waals surface area (Å²) in [4.78, 5) is 0. The second kappa shape index (κ2) is 8.35. The van der Waals surface area contributed by atoms with E-state index in [1.165, 1.54) is 19.1 Å². The van der Waals surface area contributed by atoms with Crippen LogP contribution in [0.5, 0.6) is 0 Å². The molecule has 0 amide bonds. The third-order valence-corrected chi connectivity index (χ3v) is 5.79. The van der Waals surface area contributed by atoms with Crippen molar-refractivity contribution in [1.29, 1.82) is 0 Å². The summed E-state index contributed by atoms with van der Waals surface area (Å²) in [5.41, 5.74) is 0. The smallest absolute Gasteiger partial charge is 0.211 e. The van der Waals surface area contributed by atoms with E-state index >= 15 is 0 Å². The Morgan fingerprint density at radius 1 is 1.30 bits per heavy atom. The molecule has 1 N–H and O–H groups in total. The third-order valence-electron chi connectivity index (χ3n) is 4.52. The molecule has 0 aromatic carbocycles. The molecule has 3 unspecified atom stereocenters. The summed E-state index contributed by atoms with van der Waals surface area (Å²) >= 11 is 0. The topological polar surface area (TPSA) is 49.4 Å². The van der Waals surface area contributed by atoms with Crippen molar-refractivity contribution in [3.05, 3.63) is 0 Å². The van der Waals surface area contributed by atoms with Crippen LogP contribution in [0.2, 0.25) is 0 Å². The molecule has 0 aliphatic carbocycles. The lowest BCUT2D eigenvalue weighted by atomic mass is 9.83. The van der Waals surface area contributed by atoms with Crippen molar-refractivity contribution in [2.24, 2.45) is 17.8 Å². The van der Waals surface area contributed by atoms with E-state index < -0.39 is 10.0 Å². The second-order valence-electron chi connectivity index (χ2n) is 6.52. The van der Waals surface area contributed by atoms with E-state index in [2.05, 4.69) is 26.1 Å². The molecule has 0 saturated carbocycles. The third kappa shape index (κ3) is 6.10. The Labute approximate surface area is 125 Å². The number of hydrogen-bond acceptors (Lipinski definition) is 3. The molecule has 120 valence electrons. The molecule has 1 aliphatic rings. The minimum atomic E-state index is -3.01. The quantitative estimate of drug-likeness (QED) is 0.700. The van der Waals surface area contributed by atoms with Gasteiger partial charge in [0.25, 0.3) is 0 Å². The summed E-state index contributed by atoms with van der Waals surface area (Å²) in [6.45, 7) is 10.4. The fraction of sp³-hybridized carbons (Fsp3) is 1.00. The van der Waals surface area contributed by atoms with Crippen LogP contribution in [0.25, 0.3) is 0 Å². The van der Waals surface area contributed by atoms with E-state index in [1.807, 2.05) is 0 Å². The van der Waals surface area contributed by atoms with Crippen molar-refractivity contribution in [3.63, 3.8) is 0 Å². The number of nitrogens with one attached hydrogen (secondary N) is 1. The average Bonchev–Trinajstić information content (AvgIpc) is 2.38. The van der Waals surface area contributed by atoms with Gasteiger partial charge in [-0.1, -0.05) is 20.8 Å². The van der Waals surface area contributed by atoms with Crippen LogP contribution in [0.1, 0.15) is 46.5 Å². The Morgan fingerprint density at radius 3 is 2.60 bits per heavy atom. The molecular weight excluding hydrogens is 272 g/mol. The summed E-state index contributed by atoms with van der Waals surface area (Å²) in [7, 11) is -3.01. The van der Waals surface area contributed by atoms with E-state index in [1.54, 1.807) is 4.31 Å². The molecule has 4 nitrogen and oxygen atoms in total. The monoisotopic (exact) mass is 304 g/mol. The van der Waals surface area contributed by atoms with Crippen LogP contribution in [-0.4, -0.2) is 45.2 Å². The average molecular weight is 304 g/mol. The Bertz CT molecular complexity index is 370. The van der Waals surface area contributed by atoms with Gasteiger partial charge in [-0.25, -0.2) is 12.7 Å². The molecule has 1 saturated heterocycles. The maximum atomic E-state index is 11.6. The zero-order valence-electron chi connectivity index (χ0n) is 13.6. The van der Waals surface area contributed by atoms with Crippen LogP contribution < -0.4 is 5.32 Å². The number of hydrogen-bond donors (Lipinski definition) is 1. The normalized spacial score (nSPS) is 24.5. The van der Waals surface area contributed by atoms with Crippen molar-refractivity contribution >= 4 is 10.0 Å². The van der Waals surface area contributed by atoms with E-state index in [9.17, 15) is 8.42 Å². The molecule has 0 bridgehead atoms. The molecule has 20 heavy (non-hydrogen) atoms. The summed E-state index contributed by atoms with van der Waals surface area (Å²) < 4.78 is 24.9. The van der Waals surface area contributed by atoms with Crippen molar-refractivity contribution in [2.45, 2.75) is 46.5 Å². The van der Waals surface area contributed by atoms with E-state index in [4.69, 9.17) is 0 Å². The minimum absolute atomic E-state index is 0.530. The highest BCUT2D eigenvalue weighted by atomic mass is 32.2. The zero-order valence-corrected chi connectivity index (χ0v) is 14.4. The van der Waals surface area contributed by atoms with Crippen LogP contribution >= 0.6 is 0 Å². The van der Waals surface area contributed by atoms with Gasteiger partial charge >= 0.3 is 0 Å². The first-order valence-electron chi connectivity index (χ1n) is 8.00. The zero-order chi connectivity index (χ0) is 15.2. The summed E-state index contributed by atoms with van der Waals surface area (Å²) in [6, 6.07) is 0. The predicted octanol–water partition coefficient (Wildman–Crippen LogP) is 2.32. The lowest BCUT2D eigenvalue weighted by Gasteiger charge is -2.33. The molecular formula is C15H32N2O2S. The van der Waals surface area contributed by atoms with E-state index in [-0.39, 0.29) is 0 Å². The SMILES string of the molecule is CCCNCC(C)C(C)CC1CCCN(S(C)(=O)=O)C1. The van der Waals surface area contributed by atoms with Crippen LogP contribution in [0.15, 0.2) is 0 Å². The summed E-state index contributed by atoms with van der Waals surface area (Å²) in [5.74, 6) is 1.82. The van der Waals surface area contributed by atoms with Crippen LogP contribution in [0.4, 0.5) is 0 Å². The van der Waals surface area contributed by atoms with Gasteiger partial charge in [0.1, 0.15) is 0 Å². The summed E-state index contributed by atoms with van der Waals surface area (Å²) in [5, 5.41) is 3.48. The first-order valence-corrected chi connectivity index (χ1v) is 9.85. The van der Waals surface area contributed by atoms with Crippen LogP contribution in [0, 0.1) is 17.8 Å². The predicted molar refractivity (Wildman–Crippen MR) is 85.2 cm³/mol. The molecule has 0 aromatic heterocycles. The molecule has 3 atom stereocenters. The number of piperidine rings is 1. The first kappa shape index (κ1) is 17.9. The van der Waals surface area contributed by atoms with Crippen molar-refractivity contribution in [2.75, 3.05) is 32.4 Å². The fourth-order valence-electron chi connectivity index (χ4n) is 2.99. The maximum Gasteiger partial charge on any atom is 0.211 e. The minimum Gasteiger partial charge on any atom is -0.316 e. The van der Waals surface area contributed by atoms with Crippen molar-refractivity contribution < 1.29 is 8.42 Å². The van der Waals surface area contributed by atoms with Gasteiger partial charge in [0, 0.05) is 13.1 Å². The van der Waals surface area contributed by atoms with Gasteiger partial charge in [-0.05, 0) is 56.5 Å². The Morgan fingerprint density at radius 2 is 2.00 bits per heavy atom. The highest BCUT2D eigenvalue weighted by Crippen LogP contribution is 2.27. The van der Waals surface area contributed by atoms with Gasteiger partial charge in [-0.2, -0.15) is 0 Å². The second-order valence-corrected chi connectivity index (χ2v) is 8.51. The van der Waals surface area contributed by atoms with Crippen LogP contribution in [-0.2, 0) is 10.0 Å². The molecule has 1 fully saturated rings. The Hall–Kier alpha value is -0.130. The summed E-state index contributed by atoms with van der Waals surface area (Å²) in [6.07, 6.45) is 5.82. The molecule has 0 aromatic rings. The lowest BCUT2D eigenvalue weighted by molar-refractivity contribution is 0.211. The van der Waals surface area contributed by atoms with Gasteiger partial charge in [0.2, 0.25) is 10.0 Å². The van der Waals surface area contributed by atoms with Crippen LogP contribution in [0.3, 0.4) is 0 Å². The van der Waals surface area contributed by atoms with Gasteiger partial charge < -0.3 is 5.32 Å². The first-order chi connectivity index (χ1) is 9.34. The highest BCUT2D eigenvalue weighted by Gasteiger charge is 2.27. The Balaban J connectivity index is 2.39. The van der Waals surface area contributed by atoms with Crippen molar-refractivity contribution in [1.82, 2.24) is 9.62 Å². The van der Waals surface area contributed by atoms with Crippen molar-refractivity contribution in [3.8, 4) is 0 Å². The maximum absolute atomic E-state index is 11.6. The molecule has 1 aliphatic heterocycles. The molecule has 1 heterocycles. The highest BCUT2D eigenvalue weighted by molar-refractivity contribution is 7.88. The number of nitrogens with zero attached hydrogens (tertiary/aromatic N) is 1. The molecule has 0 spiro atoms. The molecule has 0 radical (unpaired) electrons. The van der Waals surface area contributed by atoms with Gasteiger partial charge in [0.15, 0.2) is 0 Å². The standard InChI is InChI=1S/C15H32N2O2S/c1-5-8-16-11-14(3)13(2)10-15-7-6-9-17(12-15)20(4,18)19/h13-16H,5-12H2,1-4H3. The van der Waals surface area contributed by atoms with E-state index in [0.717, 1.165) is 32.5 Å². The van der Waals surface area contributed by atoms with E-state index in [0.29, 0.717) is 24.3 Å². The Kier molecular flexibility index (Phi) is 7.48. The lowest BCUT2D eigenvalue weighted by Crippen LogP contribution is -2.40. The van der Waals surface area contributed by atoms with Gasteiger partial charge in [-0.3, -0.25) is 0 Å². The number of sulfonamides is 1. The number of rotatable bonds is 8. The van der Waals surface area contributed by atoms with Gasteiger partial charge in [-0.15, -0.1) is 0 Å². The molecule has 5 heteroatoms. The fourth-order valence-corrected chi connectivity index (χ4v) is 3.93. The van der Waals surface area contributed by atoms with Gasteiger partial charge in [0.05, 0.1) is 6.26 Å². The molecule has 1 rings (SSSR count).